The lowest BCUT2D eigenvalue weighted by Crippen LogP contribution is -2.49. The van der Waals surface area contributed by atoms with Crippen LogP contribution in [-0.4, -0.2) is 49.0 Å². The maximum Gasteiger partial charge on any atom is 0.240 e. The number of pyridine rings is 1. The number of hydrogen-bond acceptors (Lipinski definition) is 4. The number of nitrogens with zero attached hydrogens (tertiary/aromatic N) is 3. The Bertz CT molecular complexity index is 638. The summed E-state index contributed by atoms with van der Waals surface area (Å²) in [5.74, 6) is 0.104. The minimum absolute atomic E-state index is 0. The van der Waals surface area contributed by atoms with E-state index in [0.29, 0.717) is 6.54 Å². The second kappa shape index (κ2) is 8.78. The van der Waals surface area contributed by atoms with Gasteiger partial charge >= 0.3 is 0 Å². The molecule has 128 valence electrons. The first-order valence-corrected chi connectivity index (χ1v) is 7.92. The number of carbonyl (C=O) groups is 1. The SMILES string of the molecule is CN(C(=O)CN1CCNCC1c1cccnc1)c1ccccc1.Cl. The quantitative estimate of drug-likeness (QED) is 0.921. The monoisotopic (exact) mass is 346 g/mol. The molecule has 1 aliphatic rings. The van der Waals surface area contributed by atoms with Crippen LogP contribution in [0.2, 0.25) is 0 Å². The van der Waals surface area contributed by atoms with E-state index in [0.717, 1.165) is 30.9 Å². The first-order chi connectivity index (χ1) is 11.3. The van der Waals surface area contributed by atoms with Crippen molar-refractivity contribution in [2.75, 3.05) is 38.1 Å². The van der Waals surface area contributed by atoms with E-state index in [2.05, 4.69) is 21.3 Å². The van der Waals surface area contributed by atoms with Crippen molar-refractivity contribution in [2.45, 2.75) is 6.04 Å². The molecular weight excluding hydrogens is 324 g/mol. The van der Waals surface area contributed by atoms with Gasteiger partial charge in [0.15, 0.2) is 0 Å². The zero-order valence-corrected chi connectivity index (χ0v) is 14.6. The van der Waals surface area contributed by atoms with Crippen molar-refractivity contribution >= 4 is 24.0 Å². The number of benzene rings is 1. The molecule has 1 fully saturated rings. The Morgan fingerprint density at radius 2 is 2.08 bits per heavy atom. The van der Waals surface area contributed by atoms with Crippen LogP contribution in [0.25, 0.3) is 0 Å². The maximum absolute atomic E-state index is 12.6. The molecule has 3 rings (SSSR count). The zero-order chi connectivity index (χ0) is 16.1. The maximum atomic E-state index is 12.6. The largest absolute Gasteiger partial charge is 0.314 e. The van der Waals surface area contributed by atoms with E-state index in [-0.39, 0.29) is 24.4 Å². The Balaban J connectivity index is 0.00000208. The highest BCUT2D eigenvalue weighted by atomic mass is 35.5. The smallest absolute Gasteiger partial charge is 0.240 e. The normalized spacial score (nSPS) is 17.8. The van der Waals surface area contributed by atoms with E-state index in [1.165, 1.54) is 0 Å². The Labute approximate surface area is 149 Å². The van der Waals surface area contributed by atoms with E-state index >= 15 is 0 Å². The van der Waals surface area contributed by atoms with Crippen molar-refractivity contribution in [1.29, 1.82) is 0 Å². The molecule has 0 spiro atoms. The summed E-state index contributed by atoms with van der Waals surface area (Å²) in [5, 5.41) is 3.40. The highest BCUT2D eigenvalue weighted by molar-refractivity contribution is 5.94. The number of para-hydroxylation sites is 1. The molecule has 2 aromatic rings. The Kier molecular flexibility index (Phi) is 6.73. The summed E-state index contributed by atoms with van der Waals surface area (Å²) in [6.07, 6.45) is 3.66. The van der Waals surface area contributed by atoms with Crippen LogP contribution in [0.15, 0.2) is 54.9 Å². The van der Waals surface area contributed by atoms with Gasteiger partial charge in [0, 0.05) is 50.8 Å². The first kappa shape index (κ1) is 18.4. The molecule has 1 aromatic heterocycles. The van der Waals surface area contributed by atoms with Crippen LogP contribution >= 0.6 is 12.4 Å². The third kappa shape index (κ3) is 4.32. The second-order valence-electron chi connectivity index (χ2n) is 5.77. The fourth-order valence-electron chi connectivity index (χ4n) is 2.91. The fraction of sp³-hybridized carbons (Fsp3) is 0.333. The second-order valence-corrected chi connectivity index (χ2v) is 5.77. The van der Waals surface area contributed by atoms with E-state index in [4.69, 9.17) is 0 Å². The Hall–Kier alpha value is -1.95. The number of halogens is 1. The van der Waals surface area contributed by atoms with Crippen molar-refractivity contribution in [2.24, 2.45) is 0 Å². The number of nitrogens with one attached hydrogen (secondary N) is 1. The summed E-state index contributed by atoms with van der Waals surface area (Å²) in [6, 6.07) is 14.0. The minimum Gasteiger partial charge on any atom is -0.314 e. The number of aromatic nitrogens is 1. The van der Waals surface area contributed by atoms with Crippen LogP contribution in [0.4, 0.5) is 5.69 Å². The van der Waals surface area contributed by atoms with Gasteiger partial charge in [-0.15, -0.1) is 12.4 Å². The molecule has 1 atom stereocenters. The van der Waals surface area contributed by atoms with Crippen LogP contribution in [0.3, 0.4) is 0 Å². The van der Waals surface area contributed by atoms with Crippen LogP contribution < -0.4 is 10.2 Å². The van der Waals surface area contributed by atoms with Crippen LogP contribution in [0.5, 0.6) is 0 Å². The van der Waals surface area contributed by atoms with Gasteiger partial charge in [0.2, 0.25) is 5.91 Å². The number of amides is 1. The predicted molar refractivity (Wildman–Crippen MR) is 98.5 cm³/mol. The lowest BCUT2D eigenvalue weighted by molar-refractivity contribution is -0.120. The molecule has 1 aliphatic heterocycles. The van der Waals surface area contributed by atoms with E-state index in [1.54, 1.807) is 11.1 Å². The van der Waals surface area contributed by atoms with Gasteiger partial charge in [-0.3, -0.25) is 14.7 Å². The zero-order valence-electron chi connectivity index (χ0n) is 13.8. The summed E-state index contributed by atoms with van der Waals surface area (Å²) in [5.41, 5.74) is 2.07. The van der Waals surface area contributed by atoms with Crippen LogP contribution in [0, 0.1) is 0 Å². The van der Waals surface area contributed by atoms with E-state index in [1.807, 2.05) is 49.6 Å². The summed E-state index contributed by atoms with van der Waals surface area (Å²) in [7, 11) is 1.83. The average Bonchev–Trinajstić information content (AvgIpc) is 2.63. The number of carbonyl (C=O) groups excluding carboxylic acids is 1. The number of hydrogen-bond donors (Lipinski definition) is 1. The van der Waals surface area contributed by atoms with Crippen LogP contribution in [0.1, 0.15) is 11.6 Å². The summed E-state index contributed by atoms with van der Waals surface area (Å²) < 4.78 is 0. The molecule has 1 amide bonds. The molecule has 0 aliphatic carbocycles. The van der Waals surface area contributed by atoms with Crippen molar-refractivity contribution < 1.29 is 4.79 Å². The van der Waals surface area contributed by atoms with Crippen molar-refractivity contribution in [3.63, 3.8) is 0 Å². The molecule has 0 radical (unpaired) electrons. The number of rotatable bonds is 4. The van der Waals surface area contributed by atoms with Gasteiger partial charge in [-0.1, -0.05) is 24.3 Å². The number of anilines is 1. The molecule has 0 saturated carbocycles. The highest BCUT2D eigenvalue weighted by Crippen LogP contribution is 2.21. The number of likely N-dealkylation sites (N-methyl/N-ethyl adjacent to an activating group) is 1. The molecule has 0 bridgehead atoms. The van der Waals surface area contributed by atoms with Crippen molar-refractivity contribution in [3.8, 4) is 0 Å². The third-order valence-electron chi connectivity index (χ3n) is 4.28. The standard InChI is InChI=1S/C18H22N4O.ClH/c1-21(16-7-3-2-4-8-16)18(23)14-22-11-10-20-13-17(22)15-6-5-9-19-12-15;/h2-9,12,17,20H,10-11,13-14H2,1H3;1H. The van der Waals surface area contributed by atoms with Crippen LogP contribution in [-0.2, 0) is 4.79 Å². The van der Waals surface area contributed by atoms with Crippen molar-refractivity contribution in [1.82, 2.24) is 15.2 Å². The molecule has 1 aromatic carbocycles. The third-order valence-corrected chi connectivity index (χ3v) is 4.28. The minimum atomic E-state index is 0. The topological polar surface area (TPSA) is 48.5 Å². The first-order valence-electron chi connectivity index (χ1n) is 7.92. The Morgan fingerprint density at radius 1 is 1.29 bits per heavy atom. The molecular formula is C18H23ClN4O. The van der Waals surface area contributed by atoms with Gasteiger partial charge in [0.05, 0.1) is 6.54 Å². The van der Waals surface area contributed by atoms with Gasteiger partial charge in [-0.2, -0.15) is 0 Å². The predicted octanol–water partition coefficient (Wildman–Crippen LogP) is 2.11. The fourth-order valence-corrected chi connectivity index (χ4v) is 2.91. The Morgan fingerprint density at radius 3 is 2.79 bits per heavy atom. The summed E-state index contributed by atoms with van der Waals surface area (Å²) in [6.45, 7) is 3.01. The van der Waals surface area contributed by atoms with E-state index < -0.39 is 0 Å². The molecule has 2 heterocycles. The van der Waals surface area contributed by atoms with Gasteiger partial charge in [0.1, 0.15) is 0 Å². The molecule has 1 N–H and O–H groups in total. The lowest BCUT2D eigenvalue weighted by atomic mass is 10.1. The van der Waals surface area contributed by atoms with Gasteiger partial charge < -0.3 is 10.2 Å². The lowest BCUT2D eigenvalue weighted by Gasteiger charge is -2.36. The van der Waals surface area contributed by atoms with Crippen molar-refractivity contribution in [3.05, 3.63) is 60.4 Å². The molecule has 1 saturated heterocycles. The van der Waals surface area contributed by atoms with Gasteiger partial charge in [-0.25, -0.2) is 0 Å². The van der Waals surface area contributed by atoms with Gasteiger partial charge in [0.25, 0.3) is 0 Å². The number of piperazine rings is 1. The summed E-state index contributed by atoms with van der Waals surface area (Å²) in [4.78, 5) is 20.8. The average molecular weight is 347 g/mol. The molecule has 5 nitrogen and oxygen atoms in total. The molecule has 24 heavy (non-hydrogen) atoms. The summed E-state index contributed by atoms with van der Waals surface area (Å²) >= 11 is 0. The van der Waals surface area contributed by atoms with Gasteiger partial charge in [-0.05, 0) is 23.8 Å². The molecule has 1 unspecified atom stereocenters. The molecule has 6 heteroatoms. The highest BCUT2D eigenvalue weighted by Gasteiger charge is 2.26. The van der Waals surface area contributed by atoms with E-state index in [9.17, 15) is 4.79 Å².